The molecule has 156 valence electrons. The normalized spacial score (nSPS) is 16.6. The minimum atomic E-state index is -4.59. The van der Waals surface area contributed by atoms with Gasteiger partial charge in [-0.15, -0.1) is 0 Å². The Morgan fingerprint density at radius 2 is 1.97 bits per heavy atom. The number of carbonyl (C=O) groups excluding carboxylic acids is 1. The number of halogens is 3. The molecule has 1 saturated heterocycles. The third-order valence-electron chi connectivity index (χ3n) is 4.87. The predicted molar refractivity (Wildman–Crippen MR) is 103 cm³/mol. The van der Waals surface area contributed by atoms with Gasteiger partial charge < -0.3 is 10.1 Å². The highest BCUT2D eigenvalue weighted by molar-refractivity contribution is 5.94. The monoisotopic (exact) mass is 416 g/mol. The number of amides is 1. The van der Waals surface area contributed by atoms with E-state index in [2.05, 4.69) is 15.4 Å². The van der Waals surface area contributed by atoms with Gasteiger partial charge in [0.1, 0.15) is 5.69 Å². The standard InChI is InChI=1S/C21H19F3N4O2/c22-21(23,24)16-5-1-2-6-18(16)28-19(20(29)26-13-15-4-3-11-30-15)12-17(27-28)14-7-9-25-10-8-14/h1-2,5-10,12,15H,3-4,11,13H2,(H,26,29). The topological polar surface area (TPSA) is 69.0 Å². The van der Waals surface area contributed by atoms with Crippen LogP contribution in [0.3, 0.4) is 0 Å². The molecule has 2 aromatic heterocycles. The van der Waals surface area contributed by atoms with Gasteiger partial charge in [0.05, 0.1) is 23.0 Å². The number of carbonyl (C=O) groups is 1. The van der Waals surface area contributed by atoms with Crippen LogP contribution in [-0.2, 0) is 10.9 Å². The summed E-state index contributed by atoms with van der Waals surface area (Å²) in [5.74, 6) is -0.518. The number of rotatable bonds is 5. The summed E-state index contributed by atoms with van der Waals surface area (Å²) in [5, 5.41) is 7.08. The smallest absolute Gasteiger partial charge is 0.376 e. The summed E-state index contributed by atoms with van der Waals surface area (Å²) in [6.07, 6.45) is 0.171. The van der Waals surface area contributed by atoms with Crippen molar-refractivity contribution in [2.75, 3.05) is 13.2 Å². The highest BCUT2D eigenvalue weighted by atomic mass is 19.4. The van der Waals surface area contributed by atoms with Crippen LogP contribution in [0.15, 0.2) is 54.9 Å². The largest absolute Gasteiger partial charge is 0.418 e. The molecular formula is C21H19F3N4O2. The Labute approximate surface area is 170 Å². The lowest BCUT2D eigenvalue weighted by molar-refractivity contribution is -0.137. The van der Waals surface area contributed by atoms with E-state index in [1.165, 1.54) is 24.3 Å². The van der Waals surface area contributed by atoms with Gasteiger partial charge in [0.25, 0.3) is 5.91 Å². The van der Waals surface area contributed by atoms with E-state index < -0.39 is 17.6 Å². The zero-order chi connectivity index (χ0) is 21.1. The lowest BCUT2D eigenvalue weighted by Gasteiger charge is -2.15. The van der Waals surface area contributed by atoms with E-state index in [0.29, 0.717) is 17.9 Å². The van der Waals surface area contributed by atoms with Crippen molar-refractivity contribution in [3.63, 3.8) is 0 Å². The van der Waals surface area contributed by atoms with Crippen LogP contribution in [0, 0.1) is 0 Å². The lowest BCUT2D eigenvalue weighted by atomic mass is 10.1. The Morgan fingerprint density at radius 3 is 2.67 bits per heavy atom. The van der Waals surface area contributed by atoms with Gasteiger partial charge >= 0.3 is 6.18 Å². The number of pyridine rings is 1. The molecule has 1 aliphatic heterocycles. The number of aromatic nitrogens is 3. The third-order valence-corrected chi connectivity index (χ3v) is 4.87. The molecule has 1 aromatic carbocycles. The molecule has 4 rings (SSSR count). The van der Waals surface area contributed by atoms with Crippen molar-refractivity contribution in [3.8, 4) is 16.9 Å². The summed E-state index contributed by atoms with van der Waals surface area (Å²) in [7, 11) is 0. The molecule has 3 heterocycles. The number of ether oxygens (including phenoxy) is 1. The third kappa shape index (κ3) is 4.20. The van der Waals surface area contributed by atoms with E-state index in [0.717, 1.165) is 23.6 Å². The van der Waals surface area contributed by atoms with Gasteiger partial charge in [-0.3, -0.25) is 9.78 Å². The first kappa shape index (κ1) is 20.1. The molecule has 1 aliphatic rings. The predicted octanol–water partition coefficient (Wildman–Crippen LogP) is 3.86. The van der Waals surface area contributed by atoms with Gasteiger partial charge in [0.2, 0.25) is 0 Å². The van der Waals surface area contributed by atoms with Crippen molar-refractivity contribution in [1.82, 2.24) is 20.1 Å². The minimum absolute atomic E-state index is 0.0107. The number of benzene rings is 1. The maximum absolute atomic E-state index is 13.6. The van der Waals surface area contributed by atoms with Gasteiger partial charge in [0, 0.05) is 31.1 Å². The van der Waals surface area contributed by atoms with Crippen LogP contribution in [0.2, 0.25) is 0 Å². The molecule has 6 nitrogen and oxygen atoms in total. The van der Waals surface area contributed by atoms with Crippen LogP contribution < -0.4 is 5.32 Å². The Hall–Kier alpha value is -3.20. The van der Waals surface area contributed by atoms with Gasteiger partial charge in [-0.05, 0) is 43.2 Å². The Balaban J connectivity index is 1.75. The maximum atomic E-state index is 13.6. The molecule has 1 amide bonds. The average molecular weight is 416 g/mol. The molecule has 1 fully saturated rings. The van der Waals surface area contributed by atoms with Crippen LogP contribution in [0.1, 0.15) is 28.9 Å². The van der Waals surface area contributed by atoms with Crippen LogP contribution in [-0.4, -0.2) is 39.9 Å². The molecule has 30 heavy (non-hydrogen) atoms. The van der Waals surface area contributed by atoms with Gasteiger partial charge in [-0.2, -0.15) is 18.3 Å². The number of nitrogens with one attached hydrogen (secondary N) is 1. The van der Waals surface area contributed by atoms with E-state index in [1.807, 2.05) is 0 Å². The Kier molecular flexibility index (Phi) is 5.54. The summed E-state index contributed by atoms with van der Waals surface area (Å²) in [6, 6.07) is 9.88. The average Bonchev–Trinajstić information content (AvgIpc) is 3.42. The van der Waals surface area contributed by atoms with E-state index in [9.17, 15) is 18.0 Å². The van der Waals surface area contributed by atoms with Gasteiger partial charge in [-0.25, -0.2) is 4.68 Å². The second kappa shape index (κ2) is 8.27. The summed E-state index contributed by atoms with van der Waals surface area (Å²) in [4.78, 5) is 16.8. The first-order chi connectivity index (χ1) is 14.4. The van der Waals surface area contributed by atoms with Crippen LogP contribution in [0.5, 0.6) is 0 Å². The van der Waals surface area contributed by atoms with E-state index in [-0.39, 0.29) is 24.0 Å². The Bertz CT molecular complexity index is 1030. The number of hydrogen-bond donors (Lipinski definition) is 1. The molecule has 0 aliphatic carbocycles. The summed E-state index contributed by atoms with van der Waals surface area (Å²) in [5.41, 5.74) is -0.0651. The molecule has 0 saturated carbocycles. The van der Waals surface area contributed by atoms with Crippen molar-refractivity contribution >= 4 is 5.91 Å². The molecule has 0 radical (unpaired) electrons. The molecule has 1 unspecified atom stereocenters. The molecule has 3 aromatic rings. The fourth-order valence-electron chi connectivity index (χ4n) is 3.39. The van der Waals surface area contributed by atoms with Crippen molar-refractivity contribution in [3.05, 3.63) is 66.1 Å². The molecule has 1 N–H and O–H groups in total. The molecule has 0 spiro atoms. The minimum Gasteiger partial charge on any atom is -0.376 e. The number of nitrogens with zero attached hydrogens (tertiary/aromatic N) is 3. The summed E-state index contributed by atoms with van der Waals surface area (Å²) >= 11 is 0. The Morgan fingerprint density at radius 1 is 1.20 bits per heavy atom. The van der Waals surface area contributed by atoms with Crippen molar-refractivity contribution in [1.29, 1.82) is 0 Å². The fourth-order valence-corrected chi connectivity index (χ4v) is 3.39. The summed E-state index contributed by atoms with van der Waals surface area (Å²) < 4.78 is 47.3. The number of para-hydroxylation sites is 1. The van der Waals surface area contributed by atoms with Gasteiger partial charge in [0.15, 0.2) is 0 Å². The highest BCUT2D eigenvalue weighted by Gasteiger charge is 2.35. The van der Waals surface area contributed by atoms with E-state index >= 15 is 0 Å². The fraction of sp³-hybridized carbons (Fsp3) is 0.286. The second-order valence-electron chi connectivity index (χ2n) is 6.92. The maximum Gasteiger partial charge on any atom is 0.418 e. The number of alkyl halides is 3. The lowest BCUT2D eigenvalue weighted by Crippen LogP contribution is -2.33. The SMILES string of the molecule is O=C(NCC1CCCO1)c1cc(-c2ccncc2)nn1-c1ccccc1C(F)(F)F. The van der Waals surface area contributed by atoms with Crippen molar-refractivity contribution in [2.45, 2.75) is 25.1 Å². The van der Waals surface area contributed by atoms with Crippen molar-refractivity contribution < 1.29 is 22.7 Å². The van der Waals surface area contributed by atoms with Crippen molar-refractivity contribution in [2.24, 2.45) is 0 Å². The quantitative estimate of drug-likeness (QED) is 0.686. The molecule has 1 atom stereocenters. The van der Waals surface area contributed by atoms with Crippen LogP contribution in [0.4, 0.5) is 13.2 Å². The first-order valence-electron chi connectivity index (χ1n) is 9.50. The zero-order valence-corrected chi connectivity index (χ0v) is 15.9. The first-order valence-corrected chi connectivity index (χ1v) is 9.50. The summed E-state index contributed by atoms with van der Waals surface area (Å²) in [6.45, 7) is 0.930. The van der Waals surface area contributed by atoms with E-state index in [1.54, 1.807) is 24.5 Å². The highest BCUT2D eigenvalue weighted by Crippen LogP contribution is 2.34. The molecule has 0 bridgehead atoms. The van der Waals surface area contributed by atoms with Crippen LogP contribution in [0.25, 0.3) is 16.9 Å². The van der Waals surface area contributed by atoms with E-state index in [4.69, 9.17) is 4.74 Å². The zero-order valence-electron chi connectivity index (χ0n) is 15.9. The second-order valence-corrected chi connectivity index (χ2v) is 6.92. The number of hydrogen-bond acceptors (Lipinski definition) is 4. The molecule has 9 heteroatoms. The molecular weight excluding hydrogens is 397 g/mol. The van der Waals surface area contributed by atoms with Gasteiger partial charge in [-0.1, -0.05) is 12.1 Å². The van der Waals surface area contributed by atoms with Crippen LogP contribution >= 0.6 is 0 Å².